The number of nitrogens with zero attached hydrogens (tertiary/aromatic N) is 2. The lowest BCUT2D eigenvalue weighted by Crippen LogP contribution is -2.44. The van der Waals surface area contributed by atoms with Gasteiger partial charge in [0.15, 0.2) is 0 Å². The second-order valence-corrected chi connectivity index (χ2v) is 6.16. The summed E-state index contributed by atoms with van der Waals surface area (Å²) in [7, 11) is 0. The van der Waals surface area contributed by atoms with Crippen LogP contribution in [0.1, 0.15) is 46.6 Å². The maximum atomic E-state index is 12.0. The zero-order valence-electron chi connectivity index (χ0n) is 12.5. The smallest absolute Gasteiger partial charge is 0.326 e. The van der Waals surface area contributed by atoms with Gasteiger partial charge < -0.3 is 10.4 Å². The monoisotopic (exact) mass is 281 g/mol. The Labute approximate surface area is 119 Å². The Hall–Kier alpha value is -1.85. The van der Waals surface area contributed by atoms with E-state index in [0.29, 0.717) is 6.42 Å². The van der Waals surface area contributed by atoms with E-state index in [0.717, 1.165) is 6.42 Å². The number of carbonyl (C=O) groups excluding carboxylic acids is 1. The number of carboxylic acid groups (broad SMARTS) is 1. The zero-order chi connectivity index (χ0) is 15.3. The third-order valence-corrected chi connectivity index (χ3v) is 3.10. The highest BCUT2D eigenvalue weighted by molar-refractivity contribution is 5.85. The first-order chi connectivity index (χ1) is 9.20. The van der Waals surface area contributed by atoms with Crippen LogP contribution < -0.4 is 5.32 Å². The maximum absolute atomic E-state index is 12.0. The van der Waals surface area contributed by atoms with Gasteiger partial charge in [0, 0.05) is 12.4 Å². The van der Waals surface area contributed by atoms with E-state index in [1.54, 1.807) is 25.4 Å². The van der Waals surface area contributed by atoms with E-state index in [9.17, 15) is 14.7 Å². The van der Waals surface area contributed by atoms with Crippen LogP contribution >= 0.6 is 0 Å². The molecule has 0 aliphatic rings. The predicted molar refractivity (Wildman–Crippen MR) is 75.2 cm³/mol. The van der Waals surface area contributed by atoms with Gasteiger partial charge in [-0.05, 0) is 31.2 Å². The van der Waals surface area contributed by atoms with Crippen LogP contribution in [0.25, 0.3) is 0 Å². The van der Waals surface area contributed by atoms with Crippen LogP contribution in [0.15, 0.2) is 18.5 Å². The number of rotatable bonds is 6. The first-order valence-electron chi connectivity index (χ1n) is 6.73. The zero-order valence-corrected chi connectivity index (χ0v) is 12.5. The Kier molecular flexibility index (Phi) is 5.30. The summed E-state index contributed by atoms with van der Waals surface area (Å²) in [4.78, 5) is 23.3. The van der Waals surface area contributed by atoms with Crippen LogP contribution in [-0.2, 0) is 9.59 Å². The summed E-state index contributed by atoms with van der Waals surface area (Å²) in [5, 5.41) is 15.8. The second kappa shape index (κ2) is 6.54. The molecule has 1 aromatic heterocycles. The Morgan fingerprint density at radius 3 is 2.50 bits per heavy atom. The average Bonchev–Trinajstić information content (AvgIpc) is 2.85. The van der Waals surface area contributed by atoms with Crippen LogP contribution in [0.5, 0.6) is 0 Å². The highest BCUT2D eigenvalue weighted by Crippen LogP contribution is 2.21. The van der Waals surface area contributed by atoms with Gasteiger partial charge in [-0.15, -0.1) is 0 Å². The van der Waals surface area contributed by atoms with E-state index in [1.165, 1.54) is 4.68 Å². The highest BCUT2D eigenvalue weighted by atomic mass is 16.4. The lowest BCUT2D eigenvalue weighted by atomic mass is 9.88. The molecule has 0 spiro atoms. The number of aromatic nitrogens is 2. The van der Waals surface area contributed by atoms with Crippen molar-refractivity contribution in [1.82, 2.24) is 15.1 Å². The summed E-state index contributed by atoms with van der Waals surface area (Å²) in [6, 6.07) is 0.333. The first kappa shape index (κ1) is 16.2. The Morgan fingerprint density at radius 2 is 2.05 bits per heavy atom. The second-order valence-electron chi connectivity index (χ2n) is 6.16. The third-order valence-electron chi connectivity index (χ3n) is 3.10. The molecule has 20 heavy (non-hydrogen) atoms. The van der Waals surface area contributed by atoms with Crippen LogP contribution in [-0.4, -0.2) is 32.8 Å². The largest absolute Gasteiger partial charge is 0.480 e. The highest BCUT2D eigenvalue weighted by Gasteiger charge is 2.25. The number of hydrogen-bond acceptors (Lipinski definition) is 3. The summed E-state index contributed by atoms with van der Waals surface area (Å²) < 4.78 is 1.50. The molecule has 0 aliphatic heterocycles. The molecule has 2 N–H and O–H groups in total. The standard InChI is InChI=1S/C14H23N3O3/c1-10(17-9-5-8-15-17)12(18)16-11(13(19)20)6-7-14(2,3)4/h5,8-11H,6-7H2,1-4H3,(H,16,18)(H,19,20). The molecule has 1 amide bonds. The minimum Gasteiger partial charge on any atom is -0.480 e. The van der Waals surface area contributed by atoms with Crippen molar-refractivity contribution in [3.63, 3.8) is 0 Å². The number of carbonyl (C=O) groups is 2. The molecule has 0 fully saturated rings. The molecule has 1 aromatic rings. The lowest BCUT2D eigenvalue weighted by molar-refractivity contribution is -0.142. The molecule has 0 bridgehead atoms. The summed E-state index contributed by atoms with van der Waals surface area (Å²) in [6.45, 7) is 7.81. The summed E-state index contributed by atoms with van der Waals surface area (Å²) in [5.74, 6) is -1.34. The van der Waals surface area contributed by atoms with Gasteiger partial charge in [-0.25, -0.2) is 4.79 Å². The molecule has 0 aliphatic carbocycles. The fraction of sp³-hybridized carbons (Fsp3) is 0.643. The number of aliphatic carboxylic acids is 1. The van der Waals surface area contributed by atoms with E-state index < -0.39 is 18.1 Å². The lowest BCUT2D eigenvalue weighted by Gasteiger charge is -2.22. The van der Waals surface area contributed by atoms with Gasteiger partial charge in [0.2, 0.25) is 5.91 Å². The Bertz CT molecular complexity index is 449. The molecule has 6 heteroatoms. The molecule has 0 saturated carbocycles. The Balaban J connectivity index is 2.61. The van der Waals surface area contributed by atoms with Gasteiger partial charge in [0.1, 0.15) is 12.1 Å². The molecular formula is C14H23N3O3. The molecule has 2 atom stereocenters. The number of nitrogens with one attached hydrogen (secondary N) is 1. The van der Waals surface area contributed by atoms with Gasteiger partial charge in [-0.1, -0.05) is 20.8 Å². The van der Waals surface area contributed by atoms with Crippen LogP contribution in [0.2, 0.25) is 0 Å². The summed E-state index contributed by atoms with van der Waals surface area (Å²) >= 11 is 0. The average molecular weight is 281 g/mol. The first-order valence-corrected chi connectivity index (χ1v) is 6.73. The molecule has 1 rings (SSSR count). The van der Waals surface area contributed by atoms with Gasteiger partial charge >= 0.3 is 5.97 Å². The fourth-order valence-electron chi connectivity index (χ4n) is 1.76. The van der Waals surface area contributed by atoms with Gasteiger partial charge in [0.25, 0.3) is 0 Å². The molecule has 1 heterocycles. The van der Waals surface area contributed by atoms with Crippen molar-refractivity contribution in [2.75, 3.05) is 0 Å². The number of carboxylic acids is 1. The van der Waals surface area contributed by atoms with Crippen molar-refractivity contribution in [2.24, 2.45) is 5.41 Å². The third kappa shape index (κ3) is 5.03. The van der Waals surface area contributed by atoms with Gasteiger partial charge in [0.05, 0.1) is 0 Å². The van der Waals surface area contributed by atoms with Crippen LogP contribution in [0.3, 0.4) is 0 Å². The fourth-order valence-corrected chi connectivity index (χ4v) is 1.76. The van der Waals surface area contributed by atoms with Crippen molar-refractivity contribution in [1.29, 1.82) is 0 Å². The SMILES string of the molecule is CC(C(=O)NC(CCC(C)(C)C)C(=O)O)n1cccn1. The normalized spacial score (nSPS) is 14.6. The minimum atomic E-state index is -1.00. The van der Waals surface area contributed by atoms with E-state index in [4.69, 9.17) is 0 Å². The van der Waals surface area contributed by atoms with E-state index >= 15 is 0 Å². The molecular weight excluding hydrogens is 258 g/mol. The molecule has 6 nitrogen and oxygen atoms in total. The summed E-state index contributed by atoms with van der Waals surface area (Å²) in [5.41, 5.74) is 0.0338. The van der Waals surface area contributed by atoms with Crippen molar-refractivity contribution in [3.8, 4) is 0 Å². The minimum absolute atomic E-state index is 0.0338. The van der Waals surface area contributed by atoms with Crippen molar-refractivity contribution < 1.29 is 14.7 Å². The van der Waals surface area contributed by atoms with E-state index in [1.807, 2.05) is 20.8 Å². The summed E-state index contributed by atoms with van der Waals surface area (Å²) in [6.07, 6.45) is 4.39. The molecule has 112 valence electrons. The van der Waals surface area contributed by atoms with Crippen LogP contribution in [0.4, 0.5) is 0 Å². The van der Waals surface area contributed by atoms with Crippen molar-refractivity contribution >= 4 is 11.9 Å². The Morgan fingerprint density at radius 1 is 1.40 bits per heavy atom. The molecule has 0 radical (unpaired) electrons. The number of hydrogen-bond donors (Lipinski definition) is 2. The topological polar surface area (TPSA) is 84.2 Å². The van der Waals surface area contributed by atoms with E-state index in [-0.39, 0.29) is 11.3 Å². The molecule has 2 unspecified atom stereocenters. The van der Waals surface area contributed by atoms with Gasteiger partial charge in [-0.2, -0.15) is 5.10 Å². The molecule has 0 saturated heterocycles. The number of amides is 1. The van der Waals surface area contributed by atoms with E-state index in [2.05, 4.69) is 10.4 Å². The van der Waals surface area contributed by atoms with Crippen molar-refractivity contribution in [2.45, 2.75) is 52.6 Å². The van der Waals surface area contributed by atoms with Crippen molar-refractivity contribution in [3.05, 3.63) is 18.5 Å². The van der Waals surface area contributed by atoms with Crippen LogP contribution in [0, 0.1) is 5.41 Å². The maximum Gasteiger partial charge on any atom is 0.326 e. The quantitative estimate of drug-likeness (QED) is 0.833. The molecule has 0 aromatic carbocycles. The predicted octanol–water partition coefficient (Wildman–Crippen LogP) is 1.84. The van der Waals surface area contributed by atoms with Gasteiger partial charge in [-0.3, -0.25) is 9.48 Å².